The number of aliphatic hydroxyl groups excluding tert-OH is 1. The minimum Gasteiger partial charge on any atom is -0.493 e. The maximum atomic E-state index is 13.6. The summed E-state index contributed by atoms with van der Waals surface area (Å²) in [5, 5.41) is 13.1. The van der Waals surface area contributed by atoms with Crippen LogP contribution >= 0.6 is 0 Å². The van der Waals surface area contributed by atoms with E-state index >= 15 is 0 Å². The van der Waals surface area contributed by atoms with Gasteiger partial charge in [-0.3, -0.25) is 0 Å². The van der Waals surface area contributed by atoms with Crippen LogP contribution in [0.4, 0.5) is 8.78 Å². The summed E-state index contributed by atoms with van der Waals surface area (Å²) in [4.78, 5) is 0. The maximum absolute atomic E-state index is 13.6. The van der Waals surface area contributed by atoms with Gasteiger partial charge in [0.15, 0.2) is 0 Å². The molecule has 0 fully saturated rings. The molecule has 116 valence electrons. The smallest absolute Gasteiger partial charge is 0.131 e. The van der Waals surface area contributed by atoms with Gasteiger partial charge in [-0.25, -0.2) is 8.78 Å². The van der Waals surface area contributed by atoms with Crippen LogP contribution in [0.2, 0.25) is 0 Å². The highest BCUT2D eigenvalue weighted by Gasteiger charge is 2.14. The normalized spacial score (nSPS) is 14.5. The lowest BCUT2D eigenvalue weighted by molar-refractivity contribution is 0.169. The number of halogens is 2. The van der Waals surface area contributed by atoms with Gasteiger partial charge in [-0.05, 0) is 23.3 Å². The fourth-order valence-corrected chi connectivity index (χ4v) is 2.58. The van der Waals surface area contributed by atoms with Gasteiger partial charge in [-0.15, -0.1) is 0 Å². The molecule has 0 spiro atoms. The Morgan fingerprint density at radius 1 is 1.18 bits per heavy atom. The fourth-order valence-electron chi connectivity index (χ4n) is 2.58. The van der Waals surface area contributed by atoms with Crippen LogP contribution in [-0.4, -0.2) is 18.3 Å². The van der Waals surface area contributed by atoms with E-state index in [1.807, 2.05) is 12.1 Å². The Bertz CT molecular complexity index is 676. The third-order valence-electron chi connectivity index (χ3n) is 3.74. The van der Waals surface area contributed by atoms with E-state index < -0.39 is 17.7 Å². The molecule has 2 aromatic rings. The summed E-state index contributed by atoms with van der Waals surface area (Å²) in [6.45, 7) is 1.47. The Balaban J connectivity index is 1.56. The SMILES string of the molecule is O[C@@H](CNCc1ccc2c(c1)CCO2)c1ccc(F)cc1F. The van der Waals surface area contributed by atoms with Gasteiger partial charge in [-0.2, -0.15) is 0 Å². The van der Waals surface area contributed by atoms with Crippen LogP contribution in [0.3, 0.4) is 0 Å². The number of benzene rings is 2. The standard InChI is InChI=1S/C17H17F2NO2/c18-13-2-3-14(15(19)8-13)16(21)10-20-9-11-1-4-17-12(7-11)5-6-22-17/h1-4,7-8,16,20-21H,5-6,9-10H2/t16-/m0/s1. The predicted molar refractivity (Wildman–Crippen MR) is 78.7 cm³/mol. The third kappa shape index (κ3) is 3.26. The Hall–Kier alpha value is -1.98. The third-order valence-corrected chi connectivity index (χ3v) is 3.74. The second-order valence-corrected chi connectivity index (χ2v) is 5.35. The topological polar surface area (TPSA) is 41.5 Å². The van der Waals surface area contributed by atoms with E-state index in [1.54, 1.807) is 0 Å². The minimum absolute atomic E-state index is 0.0938. The molecule has 1 aliphatic heterocycles. The van der Waals surface area contributed by atoms with Gasteiger partial charge >= 0.3 is 0 Å². The zero-order valence-electron chi connectivity index (χ0n) is 12.0. The first-order chi connectivity index (χ1) is 10.6. The molecule has 0 saturated carbocycles. The molecule has 0 unspecified atom stereocenters. The van der Waals surface area contributed by atoms with Gasteiger partial charge in [0, 0.05) is 31.1 Å². The Kier molecular flexibility index (Phi) is 4.36. The molecule has 5 heteroatoms. The fraction of sp³-hybridized carbons (Fsp3) is 0.294. The van der Waals surface area contributed by atoms with Gasteiger partial charge in [0.1, 0.15) is 17.4 Å². The second-order valence-electron chi connectivity index (χ2n) is 5.35. The van der Waals surface area contributed by atoms with Crippen molar-refractivity contribution >= 4 is 0 Å². The van der Waals surface area contributed by atoms with E-state index in [-0.39, 0.29) is 12.1 Å². The largest absolute Gasteiger partial charge is 0.493 e. The molecule has 1 atom stereocenters. The molecule has 3 nitrogen and oxygen atoms in total. The molecule has 2 aromatic carbocycles. The maximum Gasteiger partial charge on any atom is 0.131 e. The van der Waals surface area contributed by atoms with Crippen LogP contribution in [0.5, 0.6) is 5.75 Å². The van der Waals surface area contributed by atoms with Gasteiger partial charge < -0.3 is 15.2 Å². The molecule has 2 N–H and O–H groups in total. The highest BCUT2D eigenvalue weighted by Crippen LogP contribution is 2.25. The van der Waals surface area contributed by atoms with Crippen molar-refractivity contribution in [1.29, 1.82) is 0 Å². The predicted octanol–water partition coefficient (Wildman–Crippen LogP) is 2.72. The molecule has 0 aliphatic carbocycles. The molecule has 1 heterocycles. The zero-order valence-corrected chi connectivity index (χ0v) is 12.0. The molecule has 0 bridgehead atoms. The van der Waals surface area contributed by atoms with E-state index in [0.29, 0.717) is 6.54 Å². The number of aliphatic hydroxyl groups is 1. The quantitative estimate of drug-likeness (QED) is 0.892. The first-order valence-corrected chi connectivity index (χ1v) is 7.22. The molecular formula is C17H17F2NO2. The van der Waals surface area contributed by atoms with E-state index in [9.17, 15) is 13.9 Å². The summed E-state index contributed by atoms with van der Waals surface area (Å²) < 4.78 is 31.8. The van der Waals surface area contributed by atoms with Gasteiger partial charge in [-0.1, -0.05) is 18.2 Å². The minimum atomic E-state index is -1.02. The van der Waals surface area contributed by atoms with Crippen LogP contribution < -0.4 is 10.1 Å². The number of fused-ring (bicyclic) bond motifs is 1. The Labute approximate surface area is 127 Å². The molecule has 0 aromatic heterocycles. The van der Waals surface area contributed by atoms with Crippen LogP contribution in [0.15, 0.2) is 36.4 Å². The number of hydrogen-bond acceptors (Lipinski definition) is 3. The molecule has 22 heavy (non-hydrogen) atoms. The lowest BCUT2D eigenvalue weighted by atomic mass is 10.1. The van der Waals surface area contributed by atoms with Crippen LogP contribution in [0.1, 0.15) is 22.8 Å². The lowest BCUT2D eigenvalue weighted by Crippen LogP contribution is -2.21. The molecular weight excluding hydrogens is 288 g/mol. The summed E-state index contributed by atoms with van der Waals surface area (Å²) >= 11 is 0. The average molecular weight is 305 g/mol. The Morgan fingerprint density at radius 2 is 2.05 bits per heavy atom. The summed E-state index contributed by atoms with van der Waals surface area (Å²) in [6.07, 6.45) is -0.106. The first kappa shape index (κ1) is 14.9. The van der Waals surface area contributed by atoms with Gasteiger partial charge in [0.2, 0.25) is 0 Å². The average Bonchev–Trinajstić information content (AvgIpc) is 2.94. The lowest BCUT2D eigenvalue weighted by Gasteiger charge is -2.13. The van der Waals surface area contributed by atoms with E-state index in [1.165, 1.54) is 11.6 Å². The first-order valence-electron chi connectivity index (χ1n) is 7.22. The van der Waals surface area contributed by atoms with Crippen LogP contribution in [0.25, 0.3) is 0 Å². The van der Waals surface area contributed by atoms with Crippen molar-refractivity contribution in [3.05, 3.63) is 64.7 Å². The molecule has 1 aliphatic rings. The van der Waals surface area contributed by atoms with E-state index in [0.717, 1.165) is 36.5 Å². The van der Waals surface area contributed by atoms with Gasteiger partial charge in [0.05, 0.1) is 12.7 Å². The molecule has 0 amide bonds. The molecule has 0 radical (unpaired) electrons. The van der Waals surface area contributed by atoms with E-state index in [4.69, 9.17) is 4.74 Å². The van der Waals surface area contributed by atoms with Crippen molar-refractivity contribution in [2.45, 2.75) is 19.1 Å². The summed E-state index contributed by atoms with van der Waals surface area (Å²) in [6, 6.07) is 9.16. The number of hydrogen-bond donors (Lipinski definition) is 2. The highest BCUT2D eigenvalue weighted by molar-refractivity contribution is 5.39. The highest BCUT2D eigenvalue weighted by atomic mass is 19.1. The van der Waals surface area contributed by atoms with Crippen molar-refractivity contribution in [3.63, 3.8) is 0 Å². The number of nitrogens with one attached hydrogen (secondary N) is 1. The summed E-state index contributed by atoms with van der Waals surface area (Å²) in [5.74, 6) is -0.456. The van der Waals surface area contributed by atoms with Crippen molar-refractivity contribution in [2.24, 2.45) is 0 Å². The van der Waals surface area contributed by atoms with Gasteiger partial charge in [0.25, 0.3) is 0 Å². The number of ether oxygens (including phenoxy) is 1. The monoisotopic (exact) mass is 305 g/mol. The van der Waals surface area contributed by atoms with Crippen molar-refractivity contribution in [3.8, 4) is 5.75 Å². The van der Waals surface area contributed by atoms with Crippen molar-refractivity contribution < 1.29 is 18.6 Å². The van der Waals surface area contributed by atoms with Crippen LogP contribution in [0, 0.1) is 11.6 Å². The summed E-state index contributed by atoms with van der Waals surface area (Å²) in [5.41, 5.74) is 2.36. The zero-order chi connectivity index (χ0) is 15.5. The van der Waals surface area contributed by atoms with E-state index in [2.05, 4.69) is 11.4 Å². The Morgan fingerprint density at radius 3 is 2.86 bits per heavy atom. The second kappa shape index (κ2) is 6.42. The van der Waals surface area contributed by atoms with Crippen LogP contribution in [-0.2, 0) is 13.0 Å². The van der Waals surface area contributed by atoms with Crippen molar-refractivity contribution in [1.82, 2.24) is 5.32 Å². The molecule has 0 saturated heterocycles. The summed E-state index contributed by atoms with van der Waals surface area (Å²) in [7, 11) is 0. The molecule has 3 rings (SSSR count). The number of rotatable bonds is 5. The van der Waals surface area contributed by atoms with Crippen molar-refractivity contribution in [2.75, 3.05) is 13.2 Å².